The average Bonchev–Trinajstić information content (AvgIpc) is 2.29. The van der Waals surface area contributed by atoms with Gasteiger partial charge in [-0.25, -0.2) is 0 Å². The van der Waals surface area contributed by atoms with E-state index in [1.165, 1.54) is 25.7 Å². The van der Waals surface area contributed by atoms with Gasteiger partial charge >= 0.3 is 0 Å². The van der Waals surface area contributed by atoms with E-state index in [-0.39, 0.29) is 5.90 Å². The molecule has 0 heterocycles. The molecule has 0 radical (unpaired) electrons. The summed E-state index contributed by atoms with van der Waals surface area (Å²) in [6.07, 6.45) is 2.13. The average molecular weight is 214 g/mol. The molecule has 0 saturated carbocycles. The highest BCUT2D eigenvalue weighted by atomic mass is 16.3. The molecule has 0 aliphatic heterocycles. The van der Waals surface area contributed by atoms with Crippen LogP contribution in [0.15, 0.2) is 17.6 Å². The van der Waals surface area contributed by atoms with Crippen LogP contribution < -0.4 is 10.0 Å². The van der Waals surface area contributed by atoms with Gasteiger partial charge in [0.15, 0.2) is 0 Å². The number of hydrogen-bond donors (Lipinski definition) is 1. The minimum Gasteiger partial charge on any atom is -0.859 e. The molecule has 0 fully saturated rings. The van der Waals surface area contributed by atoms with Crippen molar-refractivity contribution in [2.45, 2.75) is 34.1 Å². The van der Waals surface area contributed by atoms with Crippen LogP contribution in [0.5, 0.6) is 0 Å². The summed E-state index contributed by atoms with van der Waals surface area (Å²) < 4.78 is 0. The molecule has 0 rings (SSSR count). The second-order valence-corrected chi connectivity index (χ2v) is 3.23. The summed E-state index contributed by atoms with van der Waals surface area (Å²) in [4.78, 5) is 5.28. The Morgan fingerprint density at radius 2 is 1.67 bits per heavy atom. The lowest BCUT2D eigenvalue weighted by atomic mass is 10.5. The van der Waals surface area contributed by atoms with Crippen LogP contribution in [0, 0.1) is 0 Å². The van der Waals surface area contributed by atoms with Crippen molar-refractivity contribution < 1.29 is 10.0 Å². The summed E-state index contributed by atoms with van der Waals surface area (Å²) in [5.74, 6) is -0.216. The fourth-order valence-corrected chi connectivity index (χ4v) is 1.04. The Kier molecular flexibility index (Phi) is 14.6. The zero-order valence-electron chi connectivity index (χ0n) is 10.7. The molecular weight excluding hydrogens is 188 g/mol. The molecule has 0 aliphatic rings. The van der Waals surface area contributed by atoms with Crippen LogP contribution in [0.4, 0.5) is 0 Å². The molecule has 0 spiro atoms. The topological polar surface area (TPSA) is 39.9 Å². The van der Waals surface area contributed by atoms with Gasteiger partial charge in [-0.05, 0) is 33.1 Å². The molecule has 0 saturated heterocycles. The molecule has 0 aromatic rings. The van der Waals surface area contributed by atoms with E-state index in [4.69, 9.17) is 0 Å². The highest BCUT2D eigenvalue weighted by Crippen LogP contribution is 1.77. The van der Waals surface area contributed by atoms with E-state index >= 15 is 0 Å². The lowest BCUT2D eigenvalue weighted by Crippen LogP contribution is -3.11. The van der Waals surface area contributed by atoms with E-state index in [9.17, 15) is 5.11 Å². The molecule has 90 valence electrons. The van der Waals surface area contributed by atoms with Crippen molar-refractivity contribution in [3.63, 3.8) is 0 Å². The lowest BCUT2D eigenvalue weighted by molar-refractivity contribution is -0.894. The molecule has 0 aromatic carbocycles. The maximum atomic E-state index is 10.3. The SMILES string of the molecule is C=CC([O-])=NCCC.CC[NH+](CC)CC. The van der Waals surface area contributed by atoms with Gasteiger partial charge in [-0.1, -0.05) is 19.6 Å². The van der Waals surface area contributed by atoms with E-state index < -0.39 is 0 Å². The second-order valence-electron chi connectivity index (χ2n) is 3.23. The Labute approximate surface area is 94.5 Å². The van der Waals surface area contributed by atoms with Gasteiger partial charge in [-0.3, -0.25) is 0 Å². The minimum absolute atomic E-state index is 0.216. The Hall–Kier alpha value is -0.830. The summed E-state index contributed by atoms with van der Waals surface area (Å²) in [5.41, 5.74) is 0. The van der Waals surface area contributed by atoms with Crippen LogP contribution in [0.25, 0.3) is 0 Å². The molecule has 0 bridgehead atoms. The van der Waals surface area contributed by atoms with Crippen LogP contribution in [0.3, 0.4) is 0 Å². The maximum absolute atomic E-state index is 10.3. The zero-order valence-corrected chi connectivity index (χ0v) is 10.7. The van der Waals surface area contributed by atoms with Gasteiger partial charge < -0.3 is 15.0 Å². The third-order valence-electron chi connectivity index (χ3n) is 2.17. The van der Waals surface area contributed by atoms with Gasteiger partial charge in [0.2, 0.25) is 0 Å². The standard InChI is InChI=1S/C6H11NO.C6H15N/c1-3-5-7-6(8)4-2;1-4-7(5-2)6-3/h4H,2-3,5H2,1H3,(H,7,8);4-6H2,1-3H3. The first kappa shape index (κ1) is 16.6. The largest absolute Gasteiger partial charge is 0.859 e. The predicted molar refractivity (Wildman–Crippen MR) is 65.4 cm³/mol. The van der Waals surface area contributed by atoms with Crippen molar-refractivity contribution in [3.8, 4) is 0 Å². The summed E-state index contributed by atoms with van der Waals surface area (Å²) in [6, 6.07) is 0. The van der Waals surface area contributed by atoms with Crippen molar-refractivity contribution in [2.75, 3.05) is 26.2 Å². The molecule has 0 unspecified atom stereocenters. The monoisotopic (exact) mass is 214 g/mol. The van der Waals surface area contributed by atoms with Gasteiger partial charge in [0.05, 0.1) is 19.6 Å². The molecule has 3 nitrogen and oxygen atoms in total. The van der Waals surface area contributed by atoms with Gasteiger partial charge in [0.1, 0.15) is 0 Å². The number of hydrogen-bond acceptors (Lipinski definition) is 2. The Morgan fingerprint density at radius 3 is 1.87 bits per heavy atom. The van der Waals surface area contributed by atoms with Crippen LogP contribution in [-0.4, -0.2) is 32.1 Å². The third kappa shape index (κ3) is 13.2. The number of nitrogens with one attached hydrogen (secondary N) is 1. The number of nitrogens with zero attached hydrogens (tertiary/aromatic N) is 1. The smallest absolute Gasteiger partial charge is 0.0742 e. The predicted octanol–water partition coefficient (Wildman–Crippen LogP) is 0.272. The number of aliphatic imine (C=N–C) groups is 1. The third-order valence-corrected chi connectivity index (χ3v) is 2.17. The molecule has 0 aromatic heterocycles. The minimum atomic E-state index is -0.216. The highest BCUT2D eigenvalue weighted by molar-refractivity contribution is 5.82. The molecule has 3 heteroatoms. The first-order valence-electron chi connectivity index (χ1n) is 5.83. The van der Waals surface area contributed by atoms with Crippen molar-refractivity contribution in [3.05, 3.63) is 12.7 Å². The van der Waals surface area contributed by atoms with Crippen molar-refractivity contribution in [1.29, 1.82) is 0 Å². The van der Waals surface area contributed by atoms with E-state index in [0.717, 1.165) is 6.42 Å². The summed E-state index contributed by atoms with van der Waals surface area (Å²) in [6.45, 7) is 16.3. The molecule has 0 aliphatic carbocycles. The Balaban J connectivity index is 0. The maximum Gasteiger partial charge on any atom is 0.0742 e. The molecule has 1 N–H and O–H groups in total. The Morgan fingerprint density at radius 1 is 1.20 bits per heavy atom. The number of rotatable bonds is 6. The summed E-state index contributed by atoms with van der Waals surface area (Å²) in [7, 11) is 0. The van der Waals surface area contributed by atoms with Crippen molar-refractivity contribution in [2.24, 2.45) is 4.99 Å². The lowest BCUT2D eigenvalue weighted by Gasteiger charge is -2.10. The summed E-state index contributed by atoms with van der Waals surface area (Å²) in [5, 5.41) is 10.3. The zero-order chi connectivity index (χ0) is 12.1. The van der Waals surface area contributed by atoms with E-state index in [0.29, 0.717) is 6.54 Å². The quantitative estimate of drug-likeness (QED) is 0.500. The van der Waals surface area contributed by atoms with Gasteiger partial charge in [0.25, 0.3) is 0 Å². The highest BCUT2D eigenvalue weighted by Gasteiger charge is 1.92. The van der Waals surface area contributed by atoms with Gasteiger partial charge in [-0.15, -0.1) is 0 Å². The van der Waals surface area contributed by atoms with Crippen LogP contribution in [-0.2, 0) is 0 Å². The van der Waals surface area contributed by atoms with Gasteiger partial charge in [0, 0.05) is 6.54 Å². The van der Waals surface area contributed by atoms with Crippen LogP contribution in [0.1, 0.15) is 34.1 Å². The van der Waals surface area contributed by atoms with E-state index in [2.05, 4.69) is 32.3 Å². The molecule has 0 amide bonds. The van der Waals surface area contributed by atoms with Crippen LogP contribution in [0.2, 0.25) is 0 Å². The molecule has 0 atom stereocenters. The van der Waals surface area contributed by atoms with E-state index in [1.807, 2.05) is 6.92 Å². The van der Waals surface area contributed by atoms with Crippen molar-refractivity contribution >= 4 is 5.90 Å². The van der Waals surface area contributed by atoms with Crippen molar-refractivity contribution in [1.82, 2.24) is 0 Å². The molecule has 15 heavy (non-hydrogen) atoms. The normalized spacial score (nSPS) is 10.9. The van der Waals surface area contributed by atoms with Crippen LogP contribution >= 0.6 is 0 Å². The Bertz CT molecular complexity index is 157. The fourth-order valence-electron chi connectivity index (χ4n) is 1.04. The number of quaternary nitrogens is 1. The first-order chi connectivity index (χ1) is 7.15. The second kappa shape index (κ2) is 13.2. The summed E-state index contributed by atoms with van der Waals surface area (Å²) >= 11 is 0. The fraction of sp³-hybridized carbons (Fsp3) is 0.750. The van der Waals surface area contributed by atoms with Gasteiger partial charge in [-0.2, -0.15) is 0 Å². The van der Waals surface area contributed by atoms with E-state index in [1.54, 1.807) is 4.90 Å². The first-order valence-corrected chi connectivity index (χ1v) is 5.83. The molecular formula is C12H26N2O.